The second-order valence-corrected chi connectivity index (χ2v) is 5.11. The highest BCUT2D eigenvalue weighted by atomic mass is 16.5. The van der Waals surface area contributed by atoms with Crippen LogP contribution in [-0.2, 0) is 4.74 Å². The molecule has 0 radical (unpaired) electrons. The van der Waals surface area contributed by atoms with Crippen LogP contribution in [0.2, 0.25) is 0 Å². The van der Waals surface area contributed by atoms with Gasteiger partial charge in [-0.05, 0) is 38.6 Å². The molecule has 0 bridgehead atoms. The van der Waals surface area contributed by atoms with Crippen molar-refractivity contribution in [2.24, 2.45) is 11.7 Å². The predicted molar refractivity (Wildman–Crippen MR) is 57.2 cm³/mol. The highest BCUT2D eigenvalue weighted by molar-refractivity contribution is 5.00. The minimum absolute atomic E-state index is 0.167. The molecule has 1 aliphatic carbocycles. The maximum absolute atomic E-state index is 6.09. The number of rotatable bonds is 4. The fourth-order valence-electron chi connectivity index (χ4n) is 2.29. The van der Waals surface area contributed by atoms with Gasteiger partial charge in [0.1, 0.15) is 0 Å². The third kappa shape index (κ3) is 2.94. The van der Waals surface area contributed by atoms with Gasteiger partial charge in [-0.25, -0.2) is 0 Å². The molecule has 0 aromatic carbocycles. The topological polar surface area (TPSA) is 38.5 Å². The van der Waals surface area contributed by atoms with Gasteiger partial charge < -0.3 is 15.4 Å². The zero-order valence-corrected chi connectivity index (χ0v) is 9.17. The quantitative estimate of drug-likeness (QED) is 0.727. The number of ether oxygens (including phenoxy) is 1. The van der Waals surface area contributed by atoms with Gasteiger partial charge >= 0.3 is 0 Å². The van der Waals surface area contributed by atoms with Gasteiger partial charge in [0.05, 0.1) is 0 Å². The molecule has 2 aliphatic rings. The number of likely N-dealkylation sites (N-methyl/N-ethyl adjacent to an activating group) is 1. The average molecular weight is 198 g/mol. The molecule has 1 saturated carbocycles. The molecule has 0 aromatic rings. The van der Waals surface area contributed by atoms with Gasteiger partial charge in [-0.15, -0.1) is 0 Å². The summed E-state index contributed by atoms with van der Waals surface area (Å²) in [4.78, 5) is 2.41. The molecule has 14 heavy (non-hydrogen) atoms. The fourth-order valence-corrected chi connectivity index (χ4v) is 2.29. The van der Waals surface area contributed by atoms with Crippen LogP contribution in [0.15, 0.2) is 0 Å². The molecule has 0 amide bonds. The highest BCUT2D eigenvalue weighted by Gasteiger charge is 2.39. The van der Waals surface area contributed by atoms with Crippen LogP contribution in [0.5, 0.6) is 0 Å². The summed E-state index contributed by atoms with van der Waals surface area (Å²) in [5.41, 5.74) is 6.25. The van der Waals surface area contributed by atoms with E-state index in [1.807, 2.05) is 0 Å². The Labute approximate surface area is 86.6 Å². The van der Waals surface area contributed by atoms with Crippen molar-refractivity contribution in [2.75, 3.05) is 33.4 Å². The molecule has 0 spiro atoms. The van der Waals surface area contributed by atoms with E-state index in [1.54, 1.807) is 0 Å². The van der Waals surface area contributed by atoms with Crippen molar-refractivity contribution in [1.82, 2.24) is 4.90 Å². The minimum Gasteiger partial charge on any atom is -0.381 e. The molecule has 1 heterocycles. The molecular formula is C11H22N2O. The lowest BCUT2D eigenvalue weighted by atomic mass is 10.00. The average Bonchev–Trinajstić information content (AvgIpc) is 2.84. The summed E-state index contributed by atoms with van der Waals surface area (Å²) in [5, 5.41) is 0. The van der Waals surface area contributed by atoms with Gasteiger partial charge in [0.25, 0.3) is 0 Å². The first-order valence-electron chi connectivity index (χ1n) is 5.73. The fraction of sp³-hybridized carbons (Fsp3) is 1.00. The van der Waals surface area contributed by atoms with E-state index in [2.05, 4.69) is 11.9 Å². The Kier molecular flexibility index (Phi) is 3.10. The molecule has 3 nitrogen and oxygen atoms in total. The molecule has 1 saturated heterocycles. The van der Waals surface area contributed by atoms with E-state index in [-0.39, 0.29) is 5.54 Å². The van der Waals surface area contributed by atoms with Crippen LogP contribution in [-0.4, -0.2) is 43.8 Å². The molecule has 2 rings (SSSR count). The van der Waals surface area contributed by atoms with Crippen LogP contribution in [0.4, 0.5) is 0 Å². The van der Waals surface area contributed by atoms with Crippen LogP contribution in [0.1, 0.15) is 25.7 Å². The Hall–Kier alpha value is -0.120. The summed E-state index contributed by atoms with van der Waals surface area (Å²) in [7, 11) is 2.20. The van der Waals surface area contributed by atoms with Crippen LogP contribution in [0.3, 0.4) is 0 Å². The SMILES string of the molecule is CN(CC1CCOCC1)CC1(N)CC1. The standard InChI is InChI=1S/C11H22N2O/c1-13(9-11(12)4-5-11)8-10-2-6-14-7-3-10/h10H,2-9,12H2,1H3. The van der Waals surface area contributed by atoms with Crippen LogP contribution in [0, 0.1) is 5.92 Å². The number of nitrogens with zero attached hydrogens (tertiary/aromatic N) is 1. The monoisotopic (exact) mass is 198 g/mol. The normalized spacial score (nSPS) is 26.8. The van der Waals surface area contributed by atoms with E-state index in [0.29, 0.717) is 0 Å². The lowest BCUT2D eigenvalue weighted by Crippen LogP contribution is -2.40. The van der Waals surface area contributed by atoms with Gasteiger partial charge in [0.2, 0.25) is 0 Å². The van der Waals surface area contributed by atoms with Gasteiger partial charge in [0, 0.05) is 31.8 Å². The molecular weight excluding hydrogens is 176 g/mol. The molecule has 2 N–H and O–H groups in total. The first-order valence-corrected chi connectivity index (χ1v) is 5.73. The third-order valence-corrected chi connectivity index (χ3v) is 3.39. The number of hydrogen-bond acceptors (Lipinski definition) is 3. The zero-order valence-electron chi connectivity index (χ0n) is 9.17. The van der Waals surface area contributed by atoms with Crippen molar-refractivity contribution in [3.05, 3.63) is 0 Å². The maximum Gasteiger partial charge on any atom is 0.0469 e. The third-order valence-electron chi connectivity index (χ3n) is 3.39. The molecule has 0 aromatic heterocycles. The number of hydrogen-bond donors (Lipinski definition) is 1. The molecule has 0 unspecified atom stereocenters. The van der Waals surface area contributed by atoms with Crippen LogP contribution in [0.25, 0.3) is 0 Å². The summed E-state index contributed by atoms with van der Waals surface area (Å²) >= 11 is 0. The van der Waals surface area contributed by atoms with Crippen molar-refractivity contribution < 1.29 is 4.74 Å². The predicted octanol–water partition coefficient (Wildman–Crippen LogP) is 0.836. The zero-order chi connectivity index (χ0) is 10.0. The smallest absolute Gasteiger partial charge is 0.0469 e. The van der Waals surface area contributed by atoms with Gasteiger partial charge in [0.15, 0.2) is 0 Å². The molecule has 1 aliphatic heterocycles. The van der Waals surface area contributed by atoms with E-state index in [4.69, 9.17) is 10.5 Å². The molecule has 0 atom stereocenters. The van der Waals surface area contributed by atoms with Crippen LogP contribution >= 0.6 is 0 Å². The Morgan fingerprint density at radius 3 is 2.57 bits per heavy atom. The second-order valence-electron chi connectivity index (χ2n) is 5.11. The van der Waals surface area contributed by atoms with E-state index >= 15 is 0 Å². The van der Waals surface area contributed by atoms with Gasteiger partial charge in [-0.2, -0.15) is 0 Å². The first-order chi connectivity index (χ1) is 6.68. The maximum atomic E-state index is 6.09. The van der Waals surface area contributed by atoms with E-state index < -0.39 is 0 Å². The lowest BCUT2D eigenvalue weighted by Gasteiger charge is -2.28. The first kappa shape index (κ1) is 10.4. The van der Waals surface area contributed by atoms with Crippen molar-refractivity contribution in [3.63, 3.8) is 0 Å². The van der Waals surface area contributed by atoms with Crippen LogP contribution < -0.4 is 5.73 Å². The Morgan fingerprint density at radius 1 is 1.36 bits per heavy atom. The summed E-state index contributed by atoms with van der Waals surface area (Å²) in [6.45, 7) is 4.17. The molecule has 82 valence electrons. The van der Waals surface area contributed by atoms with Crippen molar-refractivity contribution in [3.8, 4) is 0 Å². The number of nitrogens with two attached hydrogens (primary N) is 1. The van der Waals surface area contributed by atoms with E-state index in [1.165, 1.54) is 32.2 Å². The van der Waals surface area contributed by atoms with Crippen molar-refractivity contribution in [2.45, 2.75) is 31.2 Å². The lowest BCUT2D eigenvalue weighted by molar-refractivity contribution is 0.0549. The van der Waals surface area contributed by atoms with E-state index in [9.17, 15) is 0 Å². The van der Waals surface area contributed by atoms with Gasteiger partial charge in [-0.1, -0.05) is 0 Å². The molecule has 3 heteroatoms. The highest BCUT2D eigenvalue weighted by Crippen LogP contribution is 2.32. The Morgan fingerprint density at radius 2 is 2.00 bits per heavy atom. The largest absolute Gasteiger partial charge is 0.381 e. The Balaban J connectivity index is 1.67. The summed E-state index contributed by atoms with van der Waals surface area (Å²) in [6, 6.07) is 0. The Bertz CT molecular complexity index is 186. The van der Waals surface area contributed by atoms with Crippen molar-refractivity contribution in [1.29, 1.82) is 0 Å². The van der Waals surface area contributed by atoms with E-state index in [0.717, 1.165) is 25.7 Å². The summed E-state index contributed by atoms with van der Waals surface area (Å²) in [6.07, 6.45) is 4.88. The van der Waals surface area contributed by atoms with Crippen molar-refractivity contribution >= 4 is 0 Å². The second kappa shape index (κ2) is 4.17. The molecule has 2 fully saturated rings. The summed E-state index contributed by atoms with van der Waals surface area (Å²) in [5.74, 6) is 0.830. The van der Waals surface area contributed by atoms with Gasteiger partial charge in [-0.3, -0.25) is 0 Å². The minimum atomic E-state index is 0.167. The summed E-state index contributed by atoms with van der Waals surface area (Å²) < 4.78 is 5.35.